The first-order valence-electron chi connectivity index (χ1n) is 9.70. The van der Waals surface area contributed by atoms with Crippen molar-refractivity contribution in [2.45, 2.75) is 13.5 Å². The number of ether oxygens (including phenoxy) is 2. The minimum Gasteiger partial charge on any atom is -0.497 e. The molecule has 0 unspecified atom stereocenters. The Balaban J connectivity index is 1.35. The highest BCUT2D eigenvalue weighted by Crippen LogP contribution is 2.26. The van der Waals surface area contributed by atoms with Crippen molar-refractivity contribution in [3.8, 4) is 28.6 Å². The Morgan fingerprint density at radius 1 is 0.903 bits per heavy atom. The molecule has 0 bridgehead atoms. The van der Waals surface area contributed by atoms with Gasteiger partial charge < -0.3 is 19.3 Å². The maximum Gasteiger partial charge on any atom is 0.251 e. The predicted octanol–water partition coefficient (Wildman–Crippen LogP) is 4.78. The summed E-state index contributed by atoms with van der Waals surface area (Å²) >= 11 is 0. The van der Waals surface area contributed by atoms with Crippen LogP contribution < -0.4 is 14.8 Å². The van der Waals surface area contributed by atoms with Crippen LogP contribution in [-0.2, 0) is 6.54 Å². The highest BCUT2D eigenvalue weighted by molar-refractivity contribution is 5.94. The maximum absolute atomic E-state index is 12.2. The zero-order chi connectivity index (χ0) is 21.6. The lowest BCUT2D eigenvalue weighted by atomic mass is 10.1. The molecule has 1 heterocycles. The molecule has 4 rings (SSSR count). The molecule has 7 heteroatoms. The van der Waals surface area contributed by atoms with Crippen LogP contribution in [0.1, 0.15) is 21.8 Å². The second kappa shape index (κ2) is 9.13. The van der Waals surface area contributed by atoms with Crippen LogP contribution in [0.15, 0.2) is 77.3 Å². The molecule has 0 saturated carbocycles. The highest BCUT2D eigenvalue weighted by Gasteiger charge is 2.11. The average molecular weight is 415 g/mol. The van der Waals surface area contributed by atoms with Crippen LogP contribution in [0.5, 0.6) is 17.2 Å². The van der Waals surface area contributed by atoms with E-state index in [1.165, 1.54) is 0 Å². The van der Waals surface area contributed by atoms with Crippen LogP contribution in [0.4, 0.5) is 0 Å². The lowest BCUT2D eigenvalue weighted by Gasteiger charge is -2.06. The van der Waals surface area contributed by atoms with Crippen molar-refractivity contribution in [3.63, 3.8) is 0 Å². The molecular weight excluding hydrogens is 394 g/mol. The SMILES string of the molecule is COc1ccc(Oc2ccc(-c3noc(CNC(=O)c4ccc(C)cc4)n3)cc2)cc1. The number of methoxy groups -OCH3 is 1. The highest BCUT2D eigenvalue weighted by atomic mass is 16.5. The normalized spacial score (nSPS) is 10.5. The van der Waals surface area contributed by atoms with E-state index in [0.717, 1.165) is 16.9 Å². The van der Waals surface area contributed by atoms with Crippen LogP contribution in [-0.4, -0.2) is 23.2 Å². The Labute approximate surface area is 179 Å². The van der Waals surface area contributed by atoms with Crippen molar-refractivity contribution in [3.05, 3.63) is 89.8 Å². The molecule has 0 aliphatic rings. The van der Waals surface area contributed by atoms with E-state index in [2.05, 4.69) is 15.5 Å². The van der Waals surface area contributed by atoms with Crippen molar-refractivity contribution in [1.82, 2.24) is 15.5 Å². The van der Waals surface area contributed by atoms with Gasteiger partial charge in [0.15, 0.2) is 0 Å². The van der Waals surface area contributed by atoms with Crippen LogP contribution >= 0.6 is 0 Å². The monoisotopic (exact) mass is 415 g/mol. The summed E-state index contributed by atoms with van der Waals surface area (Å²) in [5.74, 6) is 2.73. The first kappa shape index (κ1) is 20.2. The third-order valence-corrected chi connectivity index (χ3v) is 4.59. The summed E-state index contributed by atoms with van der Waals surface area (Å²) in [6, 6.07) is 22.0. The third-order valence-electron chi connectivity index (χ3n) is 4.59. The van der Waals surface area contributed by atoms with E-state index in [0.29, 0.717) is 28.8 Å². The topological polar surface area (TPSA) is 86.5 Å². The van der Waals surface area contributed by atoms with E-state index in [-0.39, 0.29) is 12.5 Å². The van der Waals surface area contributed by atoms with Gasteiger partial charge in [-0.15, -0.1) is 0 Å². The quantitative estimate of drug-likeness (QED) is 0.468. The number of aryl methyl sites for hydroxylation is 1. The zero-order valence-electron chi connectivity index (χ0n) is 17.2. The van der Waals surface area contributed by atoms with E-state index in [9.17, 15) is 4.79 Å². The molecular formula is C24H21N3O4. The molecule has 1 aromatic heterocycles. The van der Waals surface area contributed by atoms with E-state index in [1.807, 2.05) is 67.6 Å². The van der Waals surface area contributed by atoms with Gasteiger partial charge in [-0.1, -0.05) is 22.9 Å². The Bertz CT molecular complexity index is 1150. The summed E-state index contributed by atoms with van der Waals surface area (Å²) in [5.41, 5.74) is 2.46. The Morgan fingerprint density at radius 2 is 1.52 bits per heavy atom. The van der Waals surface area contributed by atoms with Gasteiger partial charge in [0.25, 0.3) is 5.91 Å². The van der Waals surface area contributed by atoms with Crippen molar-refractivity contribution < 1.29 is 18.8 Å². The largest absolute Gasteiger partial charge is 0.497 e. The molecule has 0 aliphatic carbocycles. The molecule has 156 valence electrons. The lowest BCUT2D eigenvalue weighted by molar-refractivity contribution is 0.0946. The standard InChI is InChI=1S/C24H21N3O4/c1-16-3-5-18(6-4-16)24(28)25-15-22-26-23(27-31-22)17-7-9-20(10-8-17)30-21-13-11-19(29-2)12-14-21/h3-14H,15H2,1-2H3,(H,25,28). The fraction of sp³-hybridized carbons (Fsp3) is 0.125. The average Bonchev–Trinajstić information content (AvgIpc) is 3.28. The van der Waals surface area contributed by atoms with Crippen LogP contribution in [0.3, 0.4) is 0 Å². The van der Waals surface area contributed by atoms with Crippen molar-refractivity contribution in [1.29, 1.82) is 0 Å². The van der Waals surface area contributed by atoms with Gasteiger partial charge in [-0.05, 0) is 67.6 Å². The Morgan fingerprint density at radius 3 is 2.16 bits per heavy atom. The number of amides is 1. The third kappa shape index (κ3) is 5.08. The molecule has 0 radical (unpaired) electrons. The van der Waals surface area contributed by atoms with Gasteiger partial charge in [0, 0.05) is 11.1 Å². The molecule has 3 aromatic carbocycles. The number of hydrogen-bond acceptors (Lipinski definition) is 6. The number of aromatic nitrogens is 2. The lowest BCUT2D eigenvalue weighted by Crippen LogP contribution is -2.22. The molecule has 1 amide bonds. The minimum absolute atomic E-state index is 0.151. The van der Waals surface area contributed by atoms with Gasteiger partial charge in [-0.2, -0.15) is 4.98 Å². The predicted molar refractivity (Wildman–Crippen MR) is 115 cm³/mol. The van der Waals surface area contributed by atoms with Crippen LogP contribution in [0, 0.1) is 6.92 Å². The summed E-state index contributed by atoms with van der Waals surface area (Å²) < 4.78 is 16.2. The van der Waals surface area contributed by atoms with Gasteiger partial charge >= 0.3 is 0 Å². The van der Waals surface area contributed by atoms with Crippen LogP contribution in [0.25, 0.3) is 11.4 Å². The second-order valence-electron chi connectivity index (χ2n) is 6.86. The Kier molecular flexibility index (Phi) is 5.93. The van der Waals surface area contributed by atoms with Crippen molar-refractivity contribution >= 4 is 5.91 Å². The molecule has 0 saturated heterocycles. The van der Waals surface area contributed by atoms with Gasteiger partial charge in [-0.25, -0.2) is 0 Å². The Hall–Kier alpha value is -4.13. The molecule has 31 heavy (non-hydrogen) atoms. The molecule has 0 spiro atoms. The summed E-state index contributed by atoms with van der Waals surface area (Å²) in [6.07, 6.45) is 0. The fourth-order valence-corrected chi connectivity index (χ4v) is 2.86. The van der Waals surface area contributed by atoms with Crippen molar-refractivity contribution in [2.75, 3.05) is 7.11 Å². The molecule has 0 aliphatic heterocycles. The fourth-order valence-electron chi connectivity index (χ4n) is 2.86. The van der Waals surface area contributed by atoms with E-state index < -0.39 is 0 Å². The number of hydrogen-bond donors (Lipinski definition) is 1. The van der Waals surface area contributed by atoms with Gasteiger partial charge in [-0.3, -0.25) is 4.79 Å². The van der Waals surface area contributed by atoms with E-state index >= 15 is 0 Å². The summed E-state index contributed by atoms with van der Waals surface area (Å²) in [6.45, 7) is 2.12. The van der Waals surface area contributed by atoms with Crippen LogP contribution in [0.2, 0.25) is 0 Å². The first-order valence-corrected chi connectivity index (χ1v) is 9.70. The summed E-state index contributed by atoms with van der Waals surface area (Å²) in [5, 5.41) is 6.77. The van der Waals surface area contributed by atoms with Crippen molar-refractivity contribution in [2.24, 2.45) is 0 Å². The number of nitrogens with one attached hydrogen (secondary N) is 1. The number of benzene rings is 3. The number of nitrogens with zero attached hydrogens (tertiary/aromatic N) is 2. The summed E-state index contributed by atoms with van der Waals surface area (Å²) in [4.78, 5) is 16.6. The van der Waals surface area contributed by atoms with Gasteiger partial charge in [0.2, 0.25) is 11.7 Å². The molecule has 1 N–H and O–H groups in total. The summed E-state index contributed by atoms with van der Waals surface area (Å²) in [7, 11) is 1.62. The minimum atomic E-state index is -0.195. The number of carbonyl (C=O) groups excluding carboxylic acids is 1. The zero-order valence-corrected chi connectivity index (χ0v) is 17.2. The smallest absolute Gasteiger partial charge is 0.251 e. The molecule has 7 nitrogen and oxygen atoms in total. The van der Waals surface area contributed by atoms with E-state index in [4.69, 9.17) is 14.0 Å². The molecule has 0 atom stereocenters. The first-order chi connectivity index (χ1) is 15.1. The number of rotatable bonds is 7. The number of carbonyl (C=O) groups is 1. The molecule has 0 fully saturated rings. The molecule has 4 aromatic rings. The van der Waals surface area contributed by atoms with Gasteiger partial charge in [0.05, 0.1) is 13.7 Å². The van der Waals surface area contributed by atoms with E-state index in [1.54, 1.807) is 19.2 Å². The second-order valence-corrected chi connectivity index (χ2v) is 6.86. The van der Waals surface area contributed by atoms with Gasteiger partial charge in [0.1, 0.15) is 17.2 Å². The maximum atomic E-state index is 12.2.